The van der Waals surface area contributed by atoms with Crippen LogP contribution in [-0.2, 0) is 9.53 Å². The average molecular weight is 212 g/mol. The van der Waals surface area contributed by atoms with Gasteiger partial charge in [0, 0.05) is 0 Å². The van der Waals surface area contributed by atoms with Gasteiger partial charge in [0.1, 0.15) is 11.6 Å². The van der Waals surface area contributed by atoms with Crippen LogP contribution in [0.2, 0.25) is 0 Å². The lowest BCUT2D eigenvalue weighted by molar-refractivity contribution is -0.156. The van der Waals surface area contributed by atoms with E-state index in [4.69, 9.17) is 4.74 Å². The van der Waals surface area contributed by atoms with Crippen molar-refractivity contribution in [1.29, 1.82) is 0 Å². The van der Waals surface area contributed by atoms with Gasteiger partial charge >= 0.3 is 5.97 Å². The number of benzene rings is 1. The van der Waals surface area contributed by atoms with Crippen LogP contribution in [0.4, 0.5) is 4.39 Å². The molecule has 82 valence electrons. The van der Waals surface area contributed by atoms with Crippen molar-refractivity contribution >= 4 is 5.97 Å². The fourth-order valence-electron chi connectivity index (χ4n) is 1.08. The number of rotatable bonds is 3. The molecule has 0 aliphatic heterocycles. The fourth-order valence-corrected chi connectivity index (χ4v) is 1.08. The van der Waals surface area contributed by atoms with Crippen molar-refractivity contribution in [2.45, 2.75) is 19.4 Å². The number of halogens is 1. The molecule has 0 aliphatic carbocycles. The van der Waals surface area contributed by atoms with E-state index in [1.54, 1.807) is 13.8 Å². The molecule has 0 atom stereocenters. The van der Waals surface area contributed by atoms with Gasteiger partial charge in [-0.3, -0.25) is 0 Å². The molecule has 1 aromatic rings. The van der Waals surface area contributed by atoms with E-state index in [1.165, 1.54) is 31.4 Å². The first-order valence-electron chi connectivity index (χ1n) is 4.49. The van der Waals surface area contributed by atoms with Crippen molar-refractivity contribution in [3.63, 3.8) is 0 Å². The lowest BCUT2D eigenvalue weighted by atomic mass is 10.1. The largest absolute Gasteiger partial charge is 0.476 e. The molecule has 0 unspecified atom stereocenters. The van der Waals surface area contributed by atoms with Gasteiger partial charge in [0.15, 0.2) is 5.60 Å². The van der Waals surface area contributed by atoms with Gasteiger partial charge in [-0.15, -0.1) is 0 Å². The Morgan fingerprint density at radius 1 is 1.27 bits per heavy atom. The molecular formula is C11H13FO3. The summed E-state index contributed by atoms with van der Waals surface area (Å²) in [6.07, 6.45) is 0. The highest BCUT2D eigenvalue weighted by atomic mass is 19.1. The SMILES string of the molecule is COC(=O)C(C)(C)Oc1ccc(F)cc1. The predicted octanol–water partition coefficient (Wildman–Crippen LogP) is 2.16. The Morgan fingerprint density at radius 3 is 2.27 bits per heavy atom. The number of methoxy groups -OCH3 is 1. The van der Waals surface area contributed by atoms with Crippen molar-refractivity contribution in [3.05, 3.63) is 30.1 Å². The van der Waals surface area contributed by atoms with Gasteiger partial charge < -0.3 is 9.47 Å². The molecule has 0 saturated heterocycles. The molecule has 1 aromatic carbocycles. The van der Waals surface area contributed by atoms with Crippen LogP contribution in [0.1, 0.15) is 13.8 Å². The third-order valence-corrected chi connectivity index (χ3v) is 1.86. The molecule has 0 spiro atoms. The summed E-state index contributed by atoms with van der Waals surface area (Å²) in [4.78, 5) is 11.3. The second-order valence-corrected chi connectivity index (χ2v) is 3.56. The van der Waals surface area contributed by atoms with Crippen LogP contribution in [0, 0.1) is 5.82 Å². The summed E-state index contributed by atoms with van der Waals surface area (Å²) in [5.41, 5.74) is -1.08. The minimum atomic E-state index is -1.08. The van der Waals surface area contributed by atoms with Gasteiger partial charge in [-0.1, -0.05) is 0 Å². The van der Waals surface area contributed by atoms with Gasteiger partial charge in [0.2, 0.25) is 0 Å². The molecule has 3 nitrogen and oxygen atoms in total. The summed E-state index contributed by atoms with van der Waals surface area (Å²) in [5, 5.41) is 0. The zero-order valence-corrected chi connectivity index (χ0v) is 8.91. The maximum Gasteiger partial charge on any atom is 0.349 e. The van der Waals surface area contributed by atoms with Crippen LogP contribution < -0.4 is 4.74 Å². The van der Waals surface area contributed by atoms with Crippen LogP contribution >= 0.6 is 0 Å². The monoisotopic (exact) mass is 212 g/mol. The Morgan fingerprint density at radius 2 is 1.80 bits per heavy atom. The van der Waals surface area contributed by atoms with Gasteiger partial charge in [0.05, 0.1) is 7.11 Å². The summed E-state index contributed by atoms with van der Waals surface area (Å²) in [6.45, 7) is 3.17. The maximum atomic E-state index is 12.6. The van der Waals surface area contributed by atoms with Crippen LogP contribution in [0.3, 0.4) is 0 Å². The molecule has 0 radical (unpaired) electrons. The molecule has 0 amide bonds. The topological polar surface area (TPSA) is 35.5 Å². The highest BCUT2D eigenvalue weighted by molar-refractivity contribution is 5.78. The number of carbonyl (C=O) groups is 1. The van der Waals surface area contributed by atoms with Gasteiger partial charge in [-0.05, 0) is 38.1 Å². The van der Waals surface area contributed by atoms with Crippen LogP contribution in [0.15, 0.2) is 24.3 Å². The zero-order chi connectivity index (χ0) is 11.5. The molecular weight excluding hydrogens is 199 g/mol. The molecule has 0 aliphatic rings. The van der Waals surface area contributed by atoms with Crippen LogP contribution in [-0.4, -0.2) is 18.7 Å². The maximum absolute atomic E-state index is 12.6. The summed E-state index contributed by atoms with van der Waals surface area (Å²) in [5.74, 6) is -0.406. The average Bonchev–Trinajstić information content (AvgIpc) is 2.20. The number of ether oxygens (including phenoxy) is 2. The lowest BCUT2D eigenvalue weighted by Crippen LogP contribution is -2.39. The molecule has 0 bridgehead atoms. The molecule has 1 rings (SSSR count). The predicted molar refractivity (Wildman–Crippen MR) is 53.1 cm³/mol. The van der Waals surface area contributed by atoms with Crippen LogP contribution in [0.25, 0.3) is 0 Å². The highest BCUT2D eigenvalue weighted by Crippen LogP contribution is 2.19. The Hall–Kier alpha value is -1.58. The number of hydrogen-bond acceptors (Lipinski definition) is 3. The Bertz CT molecular complexity index is 343. The summed E-state index contributed by atoms with van der Waals surface area (Å²) >= 11 is 0. The molecule has 4 heteroatoms. The number of esters is 1. The second kappa shape index (κ2) is 4.29. The van der Waals surface area contributed by atoms with E-state index in [0.29, 0.717) is 5.75 Å². The fraction of sp³-hybridized carbons (Fsp3) is 0.364. The van der Waals surface area contributed by atoms with Crippen LogP contribution in [0.5, 0.6) is 5.75 Å². The highest BCUT2D eigenvalue weighted by Gasteiger charge is 2.30. The first-order valence-corrected chi connectivity index (χ1v) is 4.49. The van der Waals surface area contributed by atoms with E-state index in [1.807, 2.05) is 0 Å². The lowest BCUT2D eigenvalue weighted by Gasteiger charge is -2.23. The molecule has 0 heterocycles. The third-order valence-electron chi connectivity index (χ3n) is 1.86. The van der Waals surface area contributed by atoms with E-state index < -0.39 is 11.6 Å². The minimum Gasteiger partial charge on any atom is -0.476 e. The minimum absolute atomic E-state index is 0.349. The number of carbonyl (C=O) groups excluding carboxylic acids is 1. The first-order chi connectivity index (χ1) is 6.95. The van der Waals surface area contributed by atoms with E-state index in [0.717, 1.165) is 0 Å². The quantitative estimate of drug-likeness (QED) is 0.720. The summed E-state index contributed by atoms with van der Waals surface area (Å²) in [6, 6.07) is 5.45. The smallest absolute Gasteiger partial charge is 0.349 e. The summed E-state index contributed by atoms with van der Waals surface area (Å²) < 4.78 is 22.5. The normalized spacial score (nSPS) is 10.9. The zero-order valence-electron chi connectivity index (χ0n) is 8.91. The standard InChI is InChI=1S/C11H13FO3/c1-11(2,10(13)14-3)15-9-6-4-8(12)5-7-9/h4-7H,1-3H3. The second-order valence-electron chi connectivity index (χ2n) is 3.56. The van der Waals surface area contributed by atoms with Gasteiger partial charge in [0.25, 0.3) is 0 Å². The van der Waals surface area contributed by atoms with Crippen molar-refractivity contribution in [2.75, 3.05) is 7.11 Å². The van der Waals surface area contributed by atoms with Crippen molar-refractivity contribution in [2.24, 2.45) is 0 Å². The Balaban J connectivity index is 2.77. The van der Waals surface area contributed by atoms with E-state index in [-0.39, 0.29) is 5.82 Å². The summed E-state index contributed by atoms with van der Waals surface area (Å²) in [7, 11) is 1.29. The van der Waals surface area contributed by atoms with E-state index in [9.17, 15) is 9.18 Å². The molecule has 15 heavy (non-hydrogen) atoms. The van der Waals surface area contributed by atoms with E-state index in [2.05, 4.69) is 4.74 Å². The Kier molecular flexibility index (Phi) is 3.29. The Labute approximate surface area is 87.8 Å². The third kappa shape index (κ3) is 2.94. The van der Waals surface area contributed by atoms with Crippen molar-refractivity contribution in [3.8, 4) is 5.75 Å². The first kappa shape index (κ1) is 11.5. The molecule has 0 N–H and O–H groups in total. The van der Waals surface area contributed by atoms with Gasteiger partial charge in [-0.25, -0.2) is 9.18 Å². The molecule has 0 fully saturated rings. The van der Waals surface area contributed by atoms with Crippen molar-refractivity contribution in [1.82, 2.24) is 0 Å². The van der Waals surface area contributed by atoms with Gasteiger partial charge in [-0.2, -0.15) is 0 Å². The van der Waals surface area contributed by atoms with Crippen molar-refractivity contribution < 1.29 is 18.7 Å². The molecule has 0 saturated carbocycles. The van der Waals surface area contributed by atoms with E-state index >= 15 is 0 Å². The number of hydrogen-bond donors (Lipinski definition) is 0. The molecule has 0 aromatic heterocycles.